The molecule has 0 aliphatic carbocycles. The summed E-state index contributed by atoms with van der Waals surface area (Å²) in [6.45, 7) is 0.560. The van der Waals surface area contributed by atoms with Gasteiger partial charge in [-0.2, -0.15) is 14.7 Å². The highest BCUT2D eigenvalue weighted by Crippen LogP contribution is 2.45. The van der Waals surface area contributed by atoms with Crippen molar-refractivity contribution >= 4 is 35.3 Å². The van der Waals surface area contributed by atoms with Crippen molar-refractivity contribution in [1.29, 1.82) is 0 Å². The molecule has 12 heteroatoms. The largest absolute Gasteiger partial charge is 0.383 e. The van der Waals surface area contributed by atoms with Crippen molar-refractivity contribution in [3.8, 4) is 22.5 Å². The van der Waals surface area contributed by atoms with Gasteiger partial charge in [-0.25, -0.2) is 14.6 Å². The molecule has 2 saturated heterocycles. The maximum Gasteiger partial charge on any atom is 0.383 e. The minimum Gasteiger partial charge on any atom is -0.369 e. The molecule has 2 unspecified atom stereocenters. The van der Waals surface area contributed by atoms with Gasteiger partial charge in [0.15, 0.2) is 11.4 Å². The van der Waals surface area contributed by atoms with Gasteiger partial charge in [0.05, 0.1) is 30.2 Å². The first-order valence-corrected chi connectivity index (χ1v) is 14.1. The van der Waals surface area contributed by atoms with Crippen LogP contribution in [0.2, 0.25) is 0 Å². The third kappa shape index (κ3) is 3.64. The van der Waals surface area contributed by atoms with Crippen LogP contribution < -0.4 is 9.98 Å². The van der Waals surface area contributed by atoms with E-state index in [4.69, 9.17) is 4.98 Å². The third-order valence-electron chi connectivity index (χ3n) is 8.88. The number of nitrogens with one attached hydrogen (secondary N) is 1. The van der Waals surface area contributed by atoms with Gasteiger partial charge >= 0.3 is 11.7 Å². The number of ketones is 1. The SMILES string of the molecule is CN1C=[N+]=C1C(=O)N1C2CCC1CC(c1nc3c(-c4ccc(-c5ccn(C)n5)nc4)cnn3c3c1C(=O)CCN3)C2. The number of amides is 1. The quantitative estimate of drug-likeness (QED) is 0.382. The maximum absolute atomic E-state index is 13.3. The topological polar surface area (TPSA) is 128 Å². The van der Waals surface area contributed by atoms with Crippen LogP contribution in [0, 0.1) is 0 Å². The van der Waals surface area contributed by atoms with Gasteiger partial charge in [0, 0.05) is 61.5 Å². The van der Waals surface area contributed by atoms with Gasteiger partial charge in [0.2, 0.25) is 0 Å². The molecule has 4 aliphatic rings. The van der Waals surface area contributed by atoms with Gasteiger partial charge in [-0.1, -0.05) is 6.07 Å². The molecule has 4 aliphatic heterocycles. The number of fused-ring (bicyclic) bond motifs is 5. The third-order valence-corrected chi connectivity index (χ3v) is 8.88. The van der Waals surface area contributed by atoms with Crippen molar-refractivity contribution in [3.63, 3.8) is 0 Å². The molecular formula is C29H29N10O2+. The van der Waals surface area contributed by atoms with Crippen LogP contribution >= 0.6 is 0 Å². The number of nitrogens with zero attached hydrogens (tertiary/aromatic N) is 9. The predicted molar refractivity (Wildman–Crippen MR) is 152 cm³/mol. The summed E-state index contributed by atoms with van der Waals surface area (Å²) in [4.78, 5) is 40.3. The number of anilines is 1. The minimum atomic E-state index is 0.00357. The molecule has 0 aromatic carbocycles. The molecule has 41 heavy (non-hydrogen) atoms. The van der Waals surface area contributed by atoms with Gasteiger partial charge in [0.25, 0.3) is 6.34 Å². The van der Waals surface area contributed by atoms with Gasteiger partial charge in [-0.05, 0) is 37.8 Å². The molecule has 0 radical (unpaired) electrons. The summed E-state index contributed by atoms with van der Waals surface area (Å²) in [7, 11) is 3.73. The Balaban J connectivity index is 1.18. The van der Waals surface area contributed by atoms with Crippen LogP contribution in [0.3, 0.4) is 0 Å². The van der Waals surface area contributed by atoms with Crippen molar-refractivity contribution < 1.29 is 9.59 Å². The van der Waals surface area contributed by atoms with E-state index in [2.05, 4.69) is 25.2 Å². The van der Waals surface area contributed by atoms with Crippen LogP contribution in [0.1, 0.15) is 54.1 Å². The van der Waals surface area contributed by atoms with E-state index in [0.717, 1.165) is 53.9 Å². The van der Waals surface area contributed by atoms with Crippen molar-refractivity contribution in [1.82, 2.24) is 43.8 Å². The van der Waals surface area contributed by atoms with E-state index in [1.807, 2.05) is 49.6 Å². The Morgan fingerprint density at radius 3 is 2.56 bits per heavy atom. The number of rotatable bonds is 4. The number of carbonyl (C=O) groups excluding carboxylic acids is 2. The highest BCUT2D eigenvalue weighted by molar-refractivity contribution is 6.41. The van der Waals surface area contributed by atoms with E-state index >= 15 is 0 Å². The van der Waals surface area contributed by atoms with E-state index in [-0.39, 0.29) is 29.7 Å². The van der Waals surface area contributed by atoms with Crippen LogP contribution in [0.15, 0.2) is 36.8 Å². The molecule has 12 nitrogen and oxygen atoms in total. The van der Waals surface area contributed by atoms with Crippen LogP contribution in [-0.2, 0) is 11.8 Å². The number of pyridine rings is 1. The number of aromatic nitrogens is 6. The zero-order valence-electron chi connectivity index (χ0n) is 22.9. The lowest BCUT2D eigenvalue weighted by atomic mass is 9.84. The Morgan fingerprint density at radius 1 is 1.07 bits per heavy atom. The molecule has 2 atom stereocenters. The zero-order valence-corrected chi connectivity index (χ0v) is 22.9. The number of Topliss-reactive ketones (excluding diaryl/α,β-unsaturated/α-hetero) is 1. The standard InChI is InChI=1S/C29H28N10O2/c1-36-15-32-28(36)29(41)38-18-4-5-19(38)12-17(11-18)25-24-23(40)7-9-30-27(24)39-26(34-25)20(14-33-39)16-3-6-21(31-13-16)22-8-10-37(2)35-22/h3,6,8,10,13-15,17-19H,4-5,7,9,11-12H2,1-2H3/p+1. The zero-order chi connectivity index (χ0) is 27.8. The molecule has 0 spiro atoms. The molecule has 4 aromatic heterocycles. The predicted octanol–water partition coefficient (Wildman–Crippen LogP) is 1.87. The maximum atomic E-state index is 13.3. The fraction of sp³-hybridized carbons (Fsp3) is 0.379. The second-order valence-corrected chi connectivity index (χ2v) is 11.4. The van der Waals surface area contributed by atoms with Crippen molar-refractivity contribution in [2.24, 2.45) is 7.05 Å². The second-order valence-electron chi connectivity index (χ2n) is 11.4. The minimum absolute atomic E-state index is 0.00357. The summed E-state index contributed by atoms with van der Waals surface area (Å²) < 4.78 is 7.71. The first kappa shape index (κ1) is 24.0. The second kappa shape index (κ2) is 8.84. The first-order valence-electron chi connectivity index (χ1n) is 14.1. The molecule has 206 valence electrons. The number of hydrogen-bond donors (Lipinski definition) is 1. The Hall–Kier alpha value is -4.83. The van der Waals surface area contributed by atoms with Crippen LogP contribution in [-0.4, -0.2) is 88.7 Å². The Morgan fingerprint density at radius 2 is 1.90 bits per heavy atom. The number of amidine groups is 1. The average molecular weight is 550 g/mol. The number of likely N-dealkylation sites (N-methyl/N-ethyl adjacent to an activating group) is 1. The van der Waals surface area contributed by atoms with E-state index in [1.165, 1.54) is 0 Å². The lowest BCUT2D eigenvalue weighted by molar-refractivity contribution is -0.129. The molecule has 0 saturated carbocycles. The molecular weight excluding hydrogens is 520 g/mol. The Labute approximate surface area is 235 Å². The fourth-order valence-corrected chi connectivity index (χ4v) is 6.91. The first-order chi connectivity index (χ1) is 20.0. The number of carbonyl (C=O) groups is 2. The fourth-order valence-electron chi connectivity index (χ4n) is 6.91. The van der Waals surface area contributed by atoms with Crippen LogP contribution in [0.5, 0.6) is 0 Å². The average Bonchev–Trinajstić information content (AvgIpc) is 3.67. The molecule has 2 fully saturated rings. The van der Waals surface area contributed by atoms with Crippen molar-refractivity contribution in [2.75, 3.05) is 18.9 Å². The summed E-state index contributed by atoms with van der Waals surface area (Å²) in [5.41, 5.74) is 5.50. The molecule has 1 amide bonds. The summed E-state index contributed by atoms with van der Waals surface area (Å²) in [6.07, 6.45) is 11.1. The molecule has 4 aromatic rings. The Bertz CT molecular complexity index is 1800. The normalized spacial score (nSPS) is 22.9. The van der Waals surface area contributed by atoms with E-state index in [0.29, 0.717) is 35.8 Å². The van der Waals surface area contributed by atoms with Gasteiger partial charge in [-0.3, -0.25) is 19.3 Å². The summed E-state index contributed by atoms with van der Waals surface area (Å²) in [5, 5.41) is 12.5. The van der Waals surface area contributed by atoms with Crippen molar-refractivity contribution in [2.45, 2.75) is 50.1 Å². The van der Waals surface area contributed by atoms with Gasteiger partial charge in [-0.15, -0.1) is 0 Å². The molecule has 1 N–H and O–H groups in total. The Kier molecular flexibility index (Phi) is 5.17. The monoisotopic (exact) mass is 549 g/mol. The molecule has 8 heterocycles. The number of piperidine rings is 1. The molecule has 2 bridgehead atoms. The van der Waals surface area contributed by atoms with Crippen molar-refractivity contribution in [3.05, 3.63) is 48.0 Å². The molecule has 8 rings (SSSR count). The van der Waals surface area contributed by atoms with E-state index in [9.17, 15) is 9.59 Å². The van der Waals surface area contributed by atoms with Crippen LogP contribution in [0.25, 0.3) is 28.2 Å². The number of hydrogen-bond acceptors (Lipinski definition) is 8. The van der Waals surface area contributed by atoms with E-state index < -0.39 is 0 Å². The number of aryl methyl sites for hydroxylation is 1. The van der Waals surface area contributed by atoms with Crippen LogP contribution in [0.4, 0.5) is 5.82 Å². The lowest BCUT2D eigenvalue weighted by Gasteiger charge is -2.39. The van der Waals surface area contributed by atoms with E-state index in [1.54, 1.807) is 26.6 Å². The highest BCUT2D eigenvalue weighted by Gasteiger charge is 2.48. The summed E-state index contributed by atoms with van der Waals surface area (Å²) >= 11 is 0. The summed E-state index contributed by atoms with van der Waals surface area (Å²) in [5.74, 6) is 1.37. The summed E-state index contributed by atoms with van der Waals surface area (Å²) in [6, 6.07) is 6.11. The van der Waals surface area contributed by atoms with Gasteiger partial charge in [0.1, 0.15) is 11.5 Å². The highest BCUT2D eigenvalue weighted by atomic mass is 16.2. The smallest absolute Gasteiger partial charge is 0.369 e. The van der Waals surface area contributed by atoms with Gasteiger partial charge < -0.3 is 10.2 Å². The lowest BCUT2D eigenvalue weighted by Crippen LogP contribution is -2.55.